The topological polar surface area (TPSA) is 117 Å². The van der Waals surface area contributed by atoms with E-state index in [9.17, 15) is 13.2 Å². The molecule has 0 fully saturated rings. The van der Waals surface area contributed by atoms with E-state index in [4.69, 9.17) is 5.26 Å². The van der Waals surface area contributed by atoms with Crippen molar-refractivity contribution >= 4 is 39.2 Å². The van der Waals surface area contributed by atoms with Crippen LogP contribution in [0.5, 0.6) is 0 Å². The van der Waals surface area contributed by atoms with Gasteiger partial charge in [-0.2, -0.15) is 10.4 Å². The van der Waals surface area contributed by atoms with Gasteiger partial charge in [0.2, 0.25) is 5.91 Å². The highest BCUT2D eigenvalue weighted by atomic mass is 32.2. The second kappa shape index (κ2) is 8.60. The SMILES string of the molecule is N#CSCC(=O)Nc1ccc(S(=O)(=O)Nc2ccnn2-c2ccccc2)cc1. The zero-order chi connectivity index (χ0) is 20.0. The summed E-state index contributed by atoms with van der Waals surface area (Å²) in [5, 5.41) is 17.0. The van der Waals surface area contributed by atoms with Crippen molar-refractivity contribution in [2.24, 2.45) is 0 Å². The Balaban J connectivity index is 1.75. The molecule has 0 saturated heterocycles. The van der Waals surface area contributed by atoms with Crippen molar-refractivity contribution in [1.82, 2.24) is 9.78 Å². The van der Waals surface area contributed by atoms with Crippen molar-refractivity contribution in [3.8, 4) is 11.1 Å². The van der Waals surface area contributed by atoms with Crippen LogP contribution in [0.15, 0.2) is 71.8 Å². The van der Waals surface area contributed by atoms with E-state index in [0.29, 0.717) is 11.5 Å². The third kappa shape index (κ3) is 4.70. The number of hydrogen-bond donors (Lipinski definition) is 2. The van der Waals surface area contributed by atoms with Gasteiger partial charge in [-0.05, 0) is 48.2 Å². The van der Waals surface area contributed by atoms with Gasteiger partial charge in [-0.15, -0.1) is 0 Å². The normalized spacial score (nSPS) is 10.8. The first-order valence-electron chi connectivity index (χ1n) is 8.03. The van der Waals surface area contributed by atoms with Gasteiger partial charge in [0.25, 0.3) is 10.0 Å². The Kier molecular flexibility index (Phi) is 5.98. The van der Waals surface area contributed by atoms with E-state index in [-0.39, 0.29) is 16.6 Å². The summed E-state index contributed by atoms with van der Waals surface area (Å²) >= 11 is 0.824. The third-order valence-electron chi connectivity index (χ3n) is 3.60. The number of thiocyanates is 1. The van der Waals surface area contributed by atoms with Gasteiger partial charge >= 0.3 is 0 Å². The number of para-hydroxylation sites is 1. The van der Waals surface area contributed by atoms with Gasteiger partial charge in [0.15, 0.2) is 0 Å². The number of aromatic nitrogens is 2. The van der Waals surface area contributed by atoms with Gasteiger partial charge in [0.1, 0.15) is 11.2 Å². The number of nitrogens with one attached hydrogen (secondary N) is 2. The highest BCUT2D eigenvalue weighted by molar-refractivity contribution is 8.04. The first-order valence-corrected chi connectivity index (χ1v) is 10.5. The number of nitriles is 1. The molecule has 0 aliphatic rings. The summed E-state index contributed by atoms with van der Waals surface area (Å²) in [6.45, 7) is 0. The number of sulfonamides is 1. The lowest BCUT2D eigenvalue weighted by Gasteiger charge is -2.11. The number of hydrogen-bond acceptors (Lipinski definition) is 6. The van der Waals surface area contributed by atoms with Crippen LogP contribution in [0.2, 0.25) is 0 Å². The summed E-state index contributed by atoms with van der Waals surface area (Å²) < 4.78 is 29.4. The highest BCUT2D eigenvalue weighted by Crippen LogP contribution is 2.20. The van der Waals surface area contributed by atoms with Crippen LogP contribution in [-0.2, 0) is 14.8 Å². The van der Waals surface area contributed by atoms with E-state index in [1.165, 1.54) is 35.1 Å². The smallest absolute Gasteiger partial charge is 0.263 e. The molecule has 28 heavy (non-hydrogen) atoms. The van der Waals surface area contributed by atoms with Gasteiger partial charge in [0, 0.05) is 11.8 Å². The van der Waals surface area contributed by atoms with Crippen LogP contribution in [0.4, 0.5) is 11.5 Å². The number of rotatable bonds is 7. The van der Waals surface area contributed by atoms with E-state index in [2.05, 4.69) is 15.1 Å². The molecular weight excluding hydrogens is 398 g/mol. The van der Waals surface area contributed by atoms with Crippen molar-refractivity contribution < 1.29 is 13.2 Å². The van der Waals surface area contributed by atoms with Crippen molar-refractivity contribution in [3.63, 3.8) is 0 Å². The highest BCUT2D eigenvalue weighted by Gasteiger charge is 2.17. The average molecular weight is 413 g/mol. The Labute approximate surface area is 166 Å². The maximum absolute atomic E-state index is 12.7. The van der Waals surface area contributed by atoms with Crippen LogP contribution in [0, 0.1) is 10.7 Å². The Morgan fingerprint density at radius 1 is 1.11 bits per heavy atom. The summed E-state index contributed by atoms with van der Waals surface area (Å²) in [5.41, 5.74) is 1.16. The lowest BCUT2D eigenvalue weighted by atomic mass is 10.3. The number of carbonyl (C=O) groups is 1. The second-order valence-electron chi connectivity index (χ2n) is 5.52. The molecule has 142 valence electrons. The quantitative estimate of drug-likeness (QED) is 0.575. The van der Waals surface area contributed by atoms with Crippen LogP contribution in [0.25, 0.3) is 5.69 Å². The molecule has 0 aliphatic carbocycles. The molecule has 0 unspecified atom stereocenters. The first kappa shape index (κ1) is 19.5. The van der Waals surface area contributed by atoms with Crippen molar-refractivity contribution in [2.75, 3.05) is 15.8 Å². The van der Waals surface area contributed by atoms with Crippen molar-refractivity contribution in [2.45, 2.75) is 4.90 Å². The molecule has 8 nitrogen and oxygen atoms in total. The third-order valence-corrected chi connectivity index (χ3v) is 5.50. The Hall–Kier alpha value is -3.29. The van der Waals surface area contributed by atoms with E-state index in [1.807, 2.05) is 35.7 Å². The molecule has 0 bridgehead atoms. The molecule has 1 amide bonds. The predicted molar refractivity (Wildman–Crippen MR) is 108 cm³/mol. The number of amides is 1. The van der Waals surface area contributed by atoms with Gasteiger partial charge < -0.3 is 5.32 Å². The zero-order valence-corrected chi connectivity index (χ0v) is 16.1. The molecule has 3 rings (SSSR count). The molecule has 0 aliphatic heterocycles. The fraction of sp³-hybridized carbons (Fsp3) is 0.0556. The number of nitrogens with zero attached hydrogens (tertiary/aromatic N) is 3. The molecule has 0 radical (unpaired) electrons. The standard InChI is InChI=1S/C18H15N5O3S2/c19-13-27-12-18(24)21-14-6-8-16(9-7-14)28(25,26)22-17-10-11-20-23(17)15-4-2-1-3-5-15/h1-11,22H,12H2,(H,21,24). The van der Waals surface area contributed by atoms with Crippen LogP contribution >= 0.6 is 11.8 Å². The Bertz CT molecular complexity index is 1100. The average Bonchev–Trinajstić information content (AvgIpc) is 3.15. The summed E-state index contributed by atoms with van der Waals surface area (Å²) in [5.74, 6) is -0.0363. The monoisotopic (exact) mass is 413 g/mol. The number of benzene rings is 2. The summed E-state index contributed by atoms with van der Waals surface area (Å²) in [7, 11) is -3.84. The van der Waals surface area contributed by atoms with E-state index in [0.717, 1.165) is 17.4 Å². The minimum atomic E-state index is -3.84. The molecular formula is C18H15N5O3S2. The molecule has 0 atom stereocenters. The lowest BCUT2D eigenvalue weighted by molar-refractivity contribution is -0.113. The molecule has 1 heterocycles. The van der Waals surface area contributed by atoms with Crippen LogP contribution < -0.4 is 10.0 Å². The molecule has 10 heteroatoms. The summed E-state index contributed by atoms with van der Waals surface area (Å²) in [4.78, 5) is 11.7. The van der Waals surface area contributed by atoms with Crippen molar-refractivity contribution in [3.05, 3.63) is 66.9 Å². The fourth-order valence-electron chi connectivity index (χ4n) is 2.36. The Morgan fingerprint density at radius 2 is 1.82 bits per heavy atom. The van der Waals surface area contributed by atoms with Crippen LogP contribution in [0.1, 0.15) is 0 Å². The minimum Gasteiger partial charge on any atom is -0.325 e. The lowest BCUT2D eigenvalue weighted by Crippen LogP contribution is -2.16. The second-order valence-corrected chi connectivity index (χ2v) is 7.96. The maximum atomic E-state index is 12.7. The van der Waals surface area contributed by atoms with Gasteiger partial charge in [-0.25, -0.2) is 13.1 Å². The number of carbonyl (C=O) groups excluding carboxylic acids is 1. The van der Waals surface area contributed by atoms with Gasteiger partial charge in [0.05, 0.1) is 22.5 Å². The first-order chi connectivity index (χ1) is 13.5. The molecule has 0 saturated carbocycles. The van der Waals surface area contributed by atoms with Crippen molar-refractivity contribution in [1.29, 1.82) is 5.26 Å². The molecule has 0 spiro atoms. The molecule has 2 N–H and O–H groups in total. The largest absolute Gasteiger partial charge is 0.325 e. The predicted octanol–water partition coefficient (Wildman–Crippen LogP) is 2.83. The van der Waals surface area contributed by atoms with E-state index >= 15 is 0 Å². The van der Waals surface area contributed by atoms with E-state index < -0.39 is 10.0 Å². The summed E-state index contributed by atoms with van der Waals surface area (Å²) in [6.07, 6.45) is 1.50. The van der Waals surface area contributed by atoms with Crippen LogP contribution in [0.3, 0.4) is 0 Å². The van der Waals surface area contributed by atoms with Gasteiger partial charge in [-0.3, -0.25) is 9.52 Å². The zero-order valence-electron chi connectivity index (χ0n) is 14.4. The van der Waals surface area contributed by atoms with Crippen LogP contribution in [-0.4, -0.2) is 29.9 Å². The fourth-order valence-corrected chi connectivity index (χ4v) is 3.67. The van der Waals surface area contributed by atoms with E-state index in [1.54, 1.807) is 6.07 Å². The van der Waals surface area contributed by atoms with Gasteiger partial charge in [-0.1, -0.05) is 18.2 Å². The number of anilines is 2. The Morgan fingerprint density at radius 3 is 2.50 bits per heavy atom. The minimum absolute atomic E-state index is 0.00157. The molecule has 1 aromatic heterocycles. The maximum Gasteiger partial charge on any atom is 0.263 e. The molecule has 3 aromatic rings. The number of thioether (sulfide) groups is 1. The summed E-state index contributed by atoms with van der Waals surface area (Å²) in [6, 6.07) is 16.4. The molecule has 2 aromatic carbocycles.